The van der Waals surface area contributed by atoms with Gasteiger partial charge in [-0.15, -0.1) is 0 Å². The summed E-state index contributed by atoms with van der Waals surface area (Å²) in [5.74, 6) is 0.159. The molecule has 0 bridgehead atoms. The Morgan fingerprint density at radius 2 is 1.65 bits per heavy atom. The van der Waals surface area contributed by atoms with Crippen molar-refractivity contribution in [3.8, 4) is 0 Å². The predicted octanol–water partition coefficient (Wildman–Crippen LogP) is 3.54. The molecule has 1 fully saturated rings. The highest BCUT2D eigenvalue weighted by molar-refractivity contribution is 6.00. The minimum atomic E-state index is -0.122. The van der Waals surface area contributed by atoms with Gasteiger partial charge < -0.3 is 11.1 Å². The minimum absolute atomic E-state index is 0.122. The fourth-order valence-electron chi connectivity index (χ4n) is 2.95. The van der Waals surface area contributed by atoms with Crippen molar-refractivity contribution >= 4 is 11.5 Å². The van der Waals surface area contributed by atoms with E-state index in [0.717, 1.165) is 5.56 Å². The SMILES string of the molecule is CC(NC1CCCCCCC1)C(=O)c1ccc(N)cc1. The average molecular weight is 274 g/mol. The number of rotatable bonds is 4. The maximum absolute atomic E-state index is 12.4. The van der Waals surface area contributed by atoms with Crippen LogP contribution in [0.15, 0.2) is 24.3 Å². The van der Waals surface area contributed by atoms with E-state index in [1.54, 1.807) is 12.1 Å². The van der Waals surface area contributed by atoms with Gasteiger partial charge in [0, 0.05) is 17.3 Å². The molecule has 0 heterocycles. The summed E-state index contributed by atoms with van der Waals surface area (Å²) in [6, 6.07) is 7.57. The van der Waals surface area contributed by atoms with E-state index in [1.165, 1.54) is 44.9 Å². The molecule has 3 heteroatoms. The van der Waals surface area contributed by atoms with E-state index in [-0.39, 0.29) is 11.8 Å². The molecule has 1 aliphatic rings. The number of nitrogens with two attached hydrogens (primary N) is 1. The van der Waals surface area contributed by atoms with E-state index in [1.807, 2.05) is 19.1 Å². The van der Waals surface area contributed by atoms with Crippen LogP contribution in [0.1, 0.15) is 62.2 Å². The third-order valence-electron chi connectivity index (χ3n) is 4.18. The number of carbonyl (C=O) groups excluding carboxylic acids is 1. The highest BCUT2D eigenvalue weighted by Gasteiger charge is 2.19. The van der Waals surface area contributed by atoms with Crippen LogP contribution in [0.3, 0.4) is 0 Å². The number of nitrogens with one attached hydrogen (secondary N) is 1. The zero-order valence-electron chi connectivity index (χ0n) is 12.4. The van der Waals surface area contributed by atoms with E-state index in [0.29, 0.717) is 11.7 Å². The van der Waals surface area contributed by atoms with Crippen LogP contribution in [0.25, 0.3) is 0 Å². The maximum atomic E-state index is 12.4. The molecule has 2 rings (SSSR count). The van der Waals surface area contributed by atoms with Gasteiger partial charge in [-0.2, -0.15) is 0 Å². The van der Waals surface area contributed by atoms with Gasteiger partial charge in [0.15, 0.2) is 5.78 Å². The average Bonchev–Trinajstić information content (AvgIpc) is 2.41. The van der Waals surface area contributed by atoms with E-state index >= 15 is 0 Å². The number of carbonyl (C=O) groups is 1. The van der Waals surface area contributed by atoms with Gasteiger partial charge in [0.05, 0.1) is 6.04 Å². The van der Waals surface area contributed by atoms with E-state index < -0.39 is 0 Å². The molecule has 0 amide bonds. The number of hydrogen-bond donors (Lipinski definition) is 2. The van der Waals surface area contributed by atoms with Crippen molar-refractivity contribution in [2.24, 2.45) is 0 Å². The van der Waals surface area contributed by atoms with E-state index in [4.69, 9.17) is 5.73 Å². The van der Waals surface area contributed by atoms with Crippen LogP contribution >= 0.6 is 0 Å². The van der Waals surface area contributed by atoms with Crippen molar-refractivity contribution in [1.29, 1.82) is 0 Å². The van der Waals surface area contributed by atoms with Crippen molar-refractivity contribution in [1.82, 2.24) is 5.32 Å². The third-order valence-corrected chi connectivity index (χ3v) is 4.18. The van der Waals surface area contributed by atoms with Gasteiger partial charge >= 0.3 is 0 Å². The normalized spacial score (nSPS) is 19.1. The lowest BCUT2D eigenvalue weighted by atomic mass is 9.95. The van der Waals surface area contributed by atoms with Crippen molar-refractivity contribution in [2.75, 3.05) is 5.73 Å². The first kappa shape index (κ1) is 15.0. The Morgan fingerprint density at radius 3 is 2.25 bits per heavy atom. The molecule has 1 unspecified atom stereocenters. The quantitative estimate of drug-likeness (QED) is 0.652. The lowest BCUT2D eigenvalue weighted by Crippen LogP contribution is -2.41. The van der Waals surface area contributed by atoms with Crippen LogP contribution in [0.5, 0.6) is 0 Å². The first-order valence-corrected chi connectivity index (χ1v) is 7.82. The van der Waals surface area contributed by atoms with Gasteiger partial charge in [-0.3, -0.25) is 4.79 Å². The zero-order valence-corrected chi connectivity index (χ0v) is 12.4. The molecular weight excluding hydrogens is 248 g/mol. The summed E-state index contributed by atoms with van der Waals surface area (Å²) in [5, 5.41) is 3.52. The Bertz CT molecular complexity index is 419. The molecule has 1 aliphatic carbocycles. The van der Waals surface area contributed by atoms with Gasteiger partial charge in [0.1, 0.15) is 0 Å². The number of benzene rings is 1. The van der Waals surface area contributed by atoms with Crippen molar-refractivity contribution in [2.45, 2.75) is 64.0 Å². The Morgan fingerprint density at radius 1 is 1.10 bits per heavy atom. The van der Waals surface area contributed by atoms with E-state index in [2.05, 4.69) is 5.32 Å². The zero-order chi connectivity index (χ0) is 14.4. The van der Waals surface area contributed by atoms with Crippen LogP contribution in [-0.4, -0.2) is 17.9 Å². The second-order valence-electron chi connectivity index (χ2n) is 5.92. The second-order valence-corrected chi connectivity index (χ2v) is 5.92. The van der Waals surface area contributed by atoms with Gasteiger partial charge in [-0.05, 0) is 44.0 Å². The summed E-state index contributed by atoms with van der Waals surface area (Å²) < 4.78 is 0. The Balaban J connectivity index is 1.90. The summed E-state index contributed by atoms with van der Waals surface area (Å²) in [7, 11) is 0. The summed E-state index contributed by atoms with van der Waals surface area (Å²) in [4.78, 5) is 12.4. The third kappa shape index (κ3) is 4.34. The maximum Gasteiger partial charge on any atom is 0.179 e. The van der Waals surface area contributed by atoms with E-state index in [9.17, 15) is 4.79 Å². The fraction of sp³-hybridized carbons (Fsp3) is 0.588. The number of anilines is 1. The molecule has 1 saturated carbocycles. The van der Waals surface area contributed by atoms with Crippen molar-refractivity contribution in [3.05, 3.63) is 29.8 Å². The molecule has 0 radical (unpaired) electrons. The molecule has 1 aromatic carbocycles. The van der Waals surface area contributed by atoms with Crippen molar-refractivity contribution in [3.63, 3.8) is 0 Å². The Hall–Kier alpha value is -1.35. The summed E-state index contributed by atoms with van der Waals surface area (Å²) in [6.07, 6.45) is 8.98. The first-order chi connectivity index (χ1) is 9.66. The van der Waals surface area contributed by atoms with Crippen LogP contribution in [0, 0.1) is 0 Å². The standard InChI is InChI=1S/C17H26N2O/c1-13(17(20)14-9-11-15(18)12-10-14)19-16-7-5-3-2-4-6-8-16/h9-13,16,19H,2-8,18H2,1H3. The molecule has 0 aromatic heterocycles. The number of ketones is 1. The van der Waals surface area contributed by atoms with Crippen LogP contribution in [0.2, 0.25) is 0 Å². The molecule has 1 atom stereocenters. The minimum Gasteiger partial charge on any atom is -0.399 e. The lowest BCUT2D eigenvalue weighted by molar-refractivity contribution is 0.0941. The molecule has 3 nitrogen and oxygen atoms in total. The first-order valence-electron chi connectivity index (χ1n) is 7.82. The Labute approximate surface area is 121 Å². The van der Waals surface area contributed by atoms with Crippen LogP contribution < -0.4 is 11.1 Å². The lowest BCUT2D eigenvalue weighted by Gasteiger charge is -2.24. The summed E-state index contributed by atoms with van der Waals surface area (Å²) in [5.41, 5.74) is 7.09. The van der Waals surface area contributed by atoms with Crippen LogP contribution in [0.4, 0.5) is 5.69 Å². The number of Topliss-reactive ketones (excluding diaryl/α,β-unsaturated/α-hetero) is 1. The molecule has 1 aromatic rings. The smallest absolute Gasteiger partial charge is 0.179 e. The fourth-order valence-corrected chi connectivity index (χ4v) is 2.95. The molecule has 3 N–H and O–H groups in total. The van der Waals surface area contributed by atoms with Crippen molar-refractivity contribution < 1.29 is 4.79 Å². The van der Waals surface area contributed by atoms with Gasteiger partial charge in [0.25, 0.3) is 0 Å². The van der Waals surface area contributed by atoms with Gasteiger partial charge in [-0.25, -0.2) is 0 Å². The topological polar surface area (TPSA) is 55.1 Å². The monoisotopic (exact) mass is 274 g/mol. The highest BCUT2D eigenvalue weighted by Crippen LogP contribution is 2.18. The predicted molar refractivity (Wildman–Crippen MR) is 83.9 cm³/mol. The number of nitrogen functional groups attached to an aromatic ring is 1. The molecular formula is C17H26N2O. The summed E-state index contributed by atoms with van der Waals surface area (Å²) >= 11 is 0. The molecule has 0 aliphatic heterocycles. The van der Waals surface area contributed by atoms with Gasteiger partial charge in [0.2, 0.25) is 0 Å². The highest BCUT2D eigenvalue weighted by atomic mass is 16.1. The number of hydrogen-bond acceptors (Lipinski definition) is 3. The molecule has 20 heavy (non-hydrogen) atoms. The van der Waals surface area contributed by atoms with Gasteiger partial charge in [-0.1, -0.05) is 32.1 Å². The van der Waals surface area contributed by atoms with Crippen LogP contribution in [-0.2, 0) is 0 Å². The Kier molecular flexibility index (Phi) is 5.60. The molecule has 0 spiro atoms. The molecule has 0 saturated heterocycles. The summed E-state index contributed by atoms with van der Waals surface area (Å²) in [6.45, 7) is 1.97. The largest absolute Gasteiger partial charge is 0.399 e. The molecule has 110 valence electrons. The second kappa shape index (κ2) is 7.44.